The van der Waals surface area contributed by atoms with Crippen LogP contribution in [0.25, 0.3) is 0 Å². The summed E-state index contributed by atoms with van der Waals surface area (Å²) in [5.41, 5.74) is 0.0912. The maximum Gasteiger partial charge on any atom is 0.371 e. The smallest absolute Gasteiger partial charge is 0.371 e. The molecule has 1 aliphatic rings. The van der Waals surface area contributed by atoms with Crippen LogP contribution in [-0.4, -0.2) is 37.2 Å². The molecule has 1 heterocycles. The molecule has 2 N–H and O–H groups in total. The molecule has 1 saturated carbocycles. The van der Waals surface area contributed by atoms with E-state index in [0.717, 1.165) is 19.3 Å². The lowest BCUT2D eigenvalue weighted by molar-refractivity contribution is 0.0658. The fourth-order valence-corrected chi connectivity index (χ4v) is 2.89. The van der Waals surface area contributed by atoms with Gasteiger partial charge in [-0.1, -0.05) is 12.8 Å². The van der Waals surface area contributed by atoms with Crippen LogP contribution in [0, 0.1) is 5.41 Å². The van der Waals surface area contributed by atoms with Crippen molar-refractivity contribution in [3.8, 4) is 0 Å². The Balaban J connectivity index is 1.93. The fourth-order valence-electron chi connectivity index (χ4n) is 2.89. The Morgan fingerprint density at radius 2 is 2.00 bits per heavy atom. The highest BCUT2D eigenvalue weighted by Crippen LogP contribution is 2.40. The predicted octanol–water partition coefficient (Wildman–Crippen LogP) is 2.30. The number of carbonyl (C=O) groups is 2. The van der Waals surface area contributed by atoms with E-state index < -0.39 is 5.97 Å². The summed E-state index contributed by atoms with van der Waals surface area (Å²) in [6.45, 7) is 1.25. The number of hydrogen-bond acceptors (Lipinski definition) is 4. The molecular weight excluding hydrogens is 274 g/mol. The lowest BCUT2D eigenvalue weighted by atomic mass is 9.83. The van der Waals surface area contributed by atoms with Crippen molar-refractivity contribution in [1.82, 2.24) is 5.32 Å². The van der Waals surface area contributed by atoms with Gasteiger partial charge in [0.05, 0.1) is 0 Å². The van der Waals surface area contributed by atoms with Crippen LogP contribution < -0.4 is 5.32 Å². The average molecular weight is 295 g/mol. The Bertz CT molecular complexity index is 502. The van der Waals surface area contributed by atoms with Gasteiger partial charge in [-0.15, -0.1) is 0 Å². The SMILES string of the molecule is COCCC1(CNC(=O)c2ccc(C(=O)O)o2)CCCC1. The third-order valence-electron chi connectivity index (χ3n) is 4.17. The number of aromatic carboxylic acids is 1. The Kier molecular flexibility index (Phi) is 5.01. The van der Waals surface area contributed by atoms with Crippen LogP contribution in [0.3, 0.4) is 0 Å². The third kappa shape index (κ3) is 3.85. The summed E-state index contributed by atoms with van der Waals surface area (Å²) in [5.74, 6) is -1.74. The van der Waals surface area contributed by atoms with Crippen LogP contribution in [0.4, 0.5) is 0 Å². The summed E-state index contributed by atoms with van der Waals surface area (Å²) in [6, 6.07) is 2.67. The van der Waals surface area contributed by atoms with Crippen LogP contribution in [0.5, 0.6) is 0 Å². The molecule has 0 aliphatic heterocycles. The van der Waals surface area contributed by atoms with Crippen molar-refractivity contribution in [2.24, 2.45) is 5.41 Å². The topological polar surface area (TPSA) is 88.8 Å². The zero-order valence-electron chi connectivity index (χ0n) is 12.2. The second-order valence-corrected chi connectivity index (χ2v) is 5.60. The first-order chi connectivity index (χ1) is 10.1. The molecule has 2 rings (SSSR count). The molecule has 1 aromatic rings. The van der Waals surface area contributed by atoms with Gasteiger partial charge in [-0.25, -0.2) is 4.79 Å². The van der Waals surface area contributed by atoms with E-state index in [1.165, 1.54) is 25.0 Å². The quantitative estimate of drug-likeness (QED) is 0.805. The molecule has 1 aromatic heterocycles. The van der Waals surface area contributed by atoms with E-state index in [2.05, 4.69) is 5.32 Å². The number of rotatable bonds is 7. The highest BCUT2D eigenvalue weighted by atomic mass is 16.5. The van der Waals surface area contributed by atoms with Gasteiger partial charge in [0.1, 0.15) is 0 Å². The summed E-state index contributed by atoms with van der Waals surface area (Å²) in [7, 11) is 1.68. The highest BCUT2D eigenvalue weighted by molar-refractivity contribution is 5.93. The normalized spacial score (nSPS) is 16.8. The first-order valence-corrected chi connectivity index (χ1v) is 7.17. The van der Waals surface area contributed by atoms with Gasteiger partial charge in [-0.3, -0.25) is 4.79 Å². The van der Waals surface area contributed by atoms with Crippen molar-refractivity contribution in [3.05, 3.63) is 23.7 Å². The van der Waals surface area contributed by atoms with E-state index >= 15 is 0 Å². The summed E-state index contributed by atoms with van der Waals surface area (Å²) in [4.78, 5) is 22.8. The van der Waals surface area contributed by atoms with Crippen molar-refractivity contribution >= 4 is 11.9 Å². The molecular formula is C15H21NO5. The second-order valence-electron chi connectivity index (χ2n) is 5.60. The second kappa shape index (κ2) is 6.76. The van der Waals surface area contributed by atoms with Crippen molar-refractivity contribution in [3.63, 3.8) is 0 Å². The van der Waals surface area contributed by atoms with Gasteiger partial charge in [0.15, 0.2) is 5.76 Å². The van der Waals surface area contributed by atoms with E-state index in [0.29, 0.717) is 13.2 Å². The van der Waals surface area contributed by atoms with E-state index in [1.54, 1.807) is 7.11 Å². The minimum Gasteiger partial charge on any atom is -0.475 e. The maximum absolute atomic E-state index is 12.0. The predicted molar refractivity (Wildman–Crippen MR) is 75.4 cm³/mol. The summed E-state index contributed by atoms with van der Waals surface area (Å²) < 4.78 is 10.2. The lowest BCUT2D eigenvalue weighted by Gasteiger charge is -2.28. The summed E-state index contributed by atoms with van der Waals surface area (Å²) >= 11 is 0. The fraction of sp³-hybridized carbons (Fsp3) is 0.600. The summed E-state index contributed by atoms with van der Waals surface area (Å²) in [6.07, 6.45) is 5.42. The van der Waals surface area contributed by atoms with Gasteiger partial charge in [0.25, 0.3) is 5.91 Å². The average Bonchev–Trinajstić information content (AvgIpc) is 3.12. The van der Waals surface area contributed by atoms with Gasteiger partial charge in [0, 0.05) is 20.3 Å². The van der Waals surface area contributed by atoms with E-state index in [4.69, 9.17) is 14.3 Å². The molecule has 6 nitrogen and oxygen atoms in total. The number of hydrogen-bond donors (Lipinski definition) is 2. The van der Waals surface area contributed by atoms with Crippen molar-refractivity contribution < 1.29 is 23.8 Å². The van der Waals surface area contributed by atoms with Crippen molar-refractivity contribution in [2.75, 3.05) is 20.3 Å². The molecule has 0 spiro atoms. The molecule has 1 aliphatic carbocycles. The van der Waals surface area contributed by atoms with E-state index in [-0.39, 0.29) is 22.8 Å². The Morgan fingerprint density at radius 1 is 1.33 bits per heavy atom. The molecule has 0 saturated heterocycles. The zero-order valence-corrected chi connectivity index (χ0v) is 12.2. The molecule has 1 fully saturated rings. The minimum absolute atomic E-state index is 0.0345. The number of carboxylic acid groups (broad SMARTS) is 1. The molecule has 6 heteroatoms. The molecule has 0 unspecified atom stereocenters. The van der Waals surface area contributed by atoms with E-state index in [9.17, 15) is 9.59 Å². The first-order valence-electron chi connectivity index (χ1n) is 7.17. The molecule has 1 amide bonds. The number of nitrogens with one attached hydrogen (secondary N) is 1. The molecule has 0 atom stereocenters. The first kappa shape index (κ1) is 15.6. The molecule has 116 valence electrons. The minimum atomic E-state index is -1.18. The number of ether oxygens (including phenoxy) is 1. The molecule has 0 aromatic carbocycles. The number of carboxylic acids is 1. The Morgan fingerprint density at radius 3 is 2.57 bits per heavy atom. The van der Waals surface area contributed by atoms with Gasteiger partial charge >= 0.3 is 5.97 Å². The van der Waals surface area contributed by atoms with Crippen molar-refractivity contribution in [1.29, 1.82) is 0 Å². The van der Waals surface area contributed by atoms with Gasteiger partial charge in [-0.2, -0.15) is 0 Å². The molecule has 0 radical (unpaired) electrons. The number of furan rings is 1. The van der Waals surface area contributed by atoms with Gasteiger partial charge in [0.2, 0.25) is 5.76 Å². The van der Waals surface area contributed by atoms with Crippen LogP contribution in [0.2, 0.25) is 0 Å². The van der Waals surface area contributed by atoms with Crippen LogP contribution in [0.15, 0.2) is 16.5 Å². The maximum atomic E-state index is 12.0. The van der Waals surface area contributed by atoms with Crippen LogP contribution in [0.1, 0.15) is 53.2 Å². The number of amides is 1. The van der Waals surface area contributed by atoms with Gasteiger partial charge < -0.3 is 19.6 Å². The highest BCUT2D eigenvalue weighted by Gasteiger charge is 2.34. The summed E-state index contributed by atoms with van der Waals surface area (Å²) in [5, 5.41) is 11.6. The Hall–Kier alpha value is -1.82. The molecule has 21 heavy (non-hydrogen) atoms. The van der Waals surface area contributed by atoms with Gasteiger partial charge in [-0.05, 0) is 36.8 Å². The lowest BCUT2D eigenvalue weighted by Crippen LogP contribution is -2.36. The third-order valence-corrected chi connectivity index (χ3v) is 4.17. The van der Waals surface area contributed by atoms with Crippen LogP contribution >= 0.6 is 0 Å². The largest absolute Gasteiger partial charge is 0.475 e. The van der Waals surface area contributed by atoms with Crippen molar-refractivity contribution in [2.45, 2.75) is 32.1 Å². The molecule has 0 bridgehead atoms. The monoisotopic (exact) mass is 295 g/mol. The standard InChI is InChI=1S/C15H21NO5/c1-20-9-8-15(6-2-3-7-15)10-16-13(17)11-4-5-12(21-11)14(18)19/h4-5H,2-3,6-10H2,1H3,(H,16,17)(H,18,19). The number of methoxy groups -OCH3 is 1. The van der Waals surface area contributed by atoms with E-state index in [1.807, 2.05) is 0 Å². The Labute approximate surface area is 123 Å². The zero-order chi connectivity index (χ0) is 15.3. The van der Waals surface area contributed by atoms with Crippen LogP contribution in [-0.2, 0) is 4.74 Å². The number of carbonyl (C=O) groups excluding carboxylic acids is 1.